The number of para-hydroxylation sites is 2. The molecule has 0 spiro atoms. The number of hydrogen-bond acceptors (Lipinski definition) is 0. The second-order valence-electron chi connectivity index (χ2n) is 13.2. The van der Waals surface area contributed by atoms with Crippen molar-refractivity contribution in [2.75, 3.05) is 0 Å². The highest BCUT2D eigenvalue weighted by atomic mass is 19.4. The van der Waals surface area contributed by atoms with Gasteiger partial charge in [0.05, 0.1) is 11.1 Å². The maximum atomic E-state index is 13.7. The zero-order chi connectivity index (χ0) is 32.6. The molecule has 0 fully saturated rings. The number of alkyl halides is 3. The molecule has 2 nitrogen and oxygen atoms in total. The lowest BCUT2D eigenvalue weighted by molar-refractivity contribution is -0.583. The molecule has 0 atom stereocenters. The van der Waals surface area contributed by atoms with Gasteiger partial charge in [0.2, 0.25) is 0 Å². The van der Waals surface area contributed by atoms with Crippen LogP contribution < -0.4 is 4.57 Å². The highest BCUT2D eigenvalue weighted by molar-refractivity contribution is 5.71. The van der Waals surface area contributed by atoms with E-state index in [-0.39, 0.29) is 23.7 Å². The van der Waals surface area contributed by atoms with Crippen LogP contribution in [0.4, 0.5) is 13.2 Å². The fourth-order valence-corrected chi connectivity index (χ4v) is 6.31. The summed E-state index contributed by atoms with van der Waals surface area (Å²) in [7, 11) is 0. The third-order valence-electron chi connectivity index (χ3n) is 8.62. The van der Waals surface area contributed by atoms with Crippen LogP contribution in [-0.2, 0) is 6.18 Å². The predicted octanol–water partition coefficient (Wildman–Crippen LogP) is 11.6. The number of imidazole rings is 1. The van der Waals surface area contributed by atoms with E-state index < -0.39 is 11.7 Å². The lowest BCUT2D eigenvalue weighted by Gasteiger charge is -2.20. The smallest absolute Gasteiger partial charge is 0.194 e. The van der Waals surface area contributed by atoms with Crippen molar-refractivity contribution < 1.29 is 17.7 Å². The normalized spacial score (nSPS) is 12.2. The van der Waals surface area contributed by atoms with Crippen molar-refractivity contribution in [1.29, 1.82) is 0 Å². The molecule has 0 N–H and O–H groups in total. The zero-order valence-corrected chi connectivity index (χ0v) is 27.6. The number of aromatic nitrogens is 2. The third kappa shape index (κ3) is 6.22. The van der Waals surface area contributed by atoms with Gasteiger partial charge in [0.15, 0.2) is 5.69 Å². The second kappa shape index (κ2) is 12.7. The van der Waals surface area contributed by atoms with E-state index in [0.717, 1.165) is 34.0 Å². The fourth-order valence-electron chi connectivity index (χ4n) is 6.31. The Hall–Kier alpha value is -4.12. The first-order chi connectivity index (χ1) is 21.3. The molecule has 0 saturated carbocycles. The van der Waals surface area contributed by atoms with Crippen LogP contribution in [0.1, 0.15) is 107 Å². The van der Waals surface area contributed by atoms with Crippen molar-refractivity contribution >= 4 is 0 Å². The molecule has 5 rings (SSSR count). The standard InChI is InChI=1S/C40H44F3N2/c1-25(2)32-16-12-17-33(26(3)4)37(32)44-24-36(29-20-22-31(23-21-29)40(41,42)43)45(39(44)30-14-10-9-11-15-30)38-34(27(5)6)18-13-19-35(38)28(7)8/h9-28H,1-8H3/q+1. The molecule has 5 heteroatoms. The van der Waals surface area contributed by atoms with Crippen LogP contribution in [0.2, 0.25) is 0 Å². The van der Waals surface area contributed by atoms with E-state index in [0.29, 0.717) is 0 Å². The number of nitrogens with zero attached hydrogens (tertiary/aromatic N) is 2. The van der Waals surface area contributed by atoms with Crippen LogP contribution in [0.15, 0.2) is 97.2 Å². The fraction of sp³-hybridized carbons (Fsp3) is 0.325. The maximum Gasteiger partial charge on any atom is 0.416 e. The topological polar surface area (TPSA) is 8.81 Å². The van der Waals surface area contributed by atoms with Crippen molar-refractivity contribution in [3.8, 4) is 34.0 Å². The average Bonchev–Trinajstić information content (AvgIpc) is 3.40. The lowest BCUT2D eigenvalue weighted by atomic mass is 9.91. The molecular formula is C40H44F3N2+. The third-order valence-corrected chi connectivity index (χ3v) is 8.62. The van der Waals surface area contributed by atoms with E-state index in [4.69, 9.17) is 0 Å². The number of benzene rings is 4. The SMILES string of the molecule is CC(C)c1cccc(C(C)C)c1-n1c(-c2ccc(C(F)(F)F)cc2)c[n+](-c2c(C(C)C)cccc2C(C)C)c1-c1ccccc1. The zero-order valence-electron chi connectivity index (χ0n) is 27.6. The van der Waals surface area contributed by atoms with Gasteiger partial charge in [-0.15, -0.1) is 0 Å². The van der Waals surface area contributed by atoms with Crippen LogP contribution in [0, 0.1) is 0 Å². The summed E-state index contributed by atoms with van der Waals surface area (Å²) in [5.74, 6) is 1.90. The van der Waals surface area contributed by atoms with Crippen molar-refractivity contribution in [2.45, 2.75) is 85.2 Å². The van der Waals surface area contributed by atoms with Gasteiger partial charge in [0, 0.05) is 27.8 Å². The molecular weight excluding hydrogens is 565 g/mol. The van der Waals surface area contributed by atoms with Crippen molar-refractivity contribution in [1.82, 2.24) is 4.57 Å². The summed E-state index contributed by atoms with van der Waals surface area (Å²) in [6.45, 7) is 17.7. The lowest BCUT2D eigenvalue weighted by Crippen LogP contribution is -2.35. The quantitative estimate of drug-likeness (QED) is 0.155. The van der Waals surface area contributed by atoms with Crippen molar-refractivity contribution in [3.63, 3.8) is 0 Å². The van der Waals surface area contributed by atoms with Crippen LogP contribution >= 0.6 is 0 Å². The minimum absolute atomic E-state index is 0.216. The van der Waals surface area contributed by atoms with E-state index in [1.54, 1.807) is 12.1 Å². The van der Waals surface area contributed by atoms with Gasteiger partial charge in [-0.1, -0.05) is 110 Å². The van der Waals surface area contributed by atoms with Gasteiger partial charge in [-0.25, -0.2) is 0 Å². The van der Waals surface area contributed by atoms with Gasteiger partial charge in [-0.3, -0.25) is 0 Å². The highest BCUT2D eigenvalue weighted by Crippen LogP contribution is 2.40. The van der Waals surface area contributed by atoms with Crippen molar-refractivity contribution in [3.05, 3.63) is 125 Å². The largest absolute Gasteiger partial charge is 0.416 e. The first-order valence-corrected chi connectivity index (χ1v) is 16.0. The summed E-state index contributed by atoms with van der Waals surface area (Å²) in [6.07, 6.45) is -2.27. The molecule has 0 saturated heterocycles. The molecule has 0 bridgehead atoms. The van der Waals surface area contributed by atoms with Crippen molar-refractivity contribution in [2.24, 2.45) is 0 Å². The molecule has 234 valence electrons. The maximum absolute atomic E-state index is 13.7. The van der Waals surface area contributed by atoms with E-state index in [1.165, 1.54) is 34.4 Å². The highest BCUT2D eigenvalue weighted by Gasteiger charge is 2.36. The van der Waals surface area contributed by atoms with E-state index in [1.807, 2.05) is 18.2 Å². The summed E-state index contributed by atoms with van der Waals surface area (Å²) in [5.41, 5.74) is 8.97. The monoisotopic (exact) mass is 609 g/mol. The van der Waals surface area contributed by atoms with E-state index >= 15 is 0 Å². The Labute approximate surface area is 266 Å². The summed E-state index contributed by atoms with van der Waals surface area (Å²) in [4.78, 5) is 0. The molecule has 0 aliphatic heterocycles. The van der Waals surface area contributed by atoms with Crippen LogP contribution in [0.5, 0.6) is 0 Å². The van der Waals surface area contributed by atoms with Gasteiger partial charge >= 0.3 is 6.18 Å². The Kier molecular flexibility index (Phi) is 9.11. The first-order valence-electron chi connectivity index (χ1n) is 16.0. The number of halogens is 3. The van der Waals surface area contributed by atoms with Crippen LogP contribution in [0.25, 0.3) is 34.0 Å². The molecule has 45 heavy (non-hydrogen) atoms. The van der Waals surface area contributed by atoms with Gasteiger partial charge in [0.25, 0.3) is 5.82 Å². The minimum atomic E-state index is -4.41. The summed E-state index contributed by atoms with van der Waals surface area (Å²) < 4.78 is 45.7. The predicted molar refractivity (Wildman–Crippen MR) is 180 cm³/mol. The minimum Gasteiger partial charge on any atom is -0.194 e. The number of hydrogen-bond donors (Lipinski definition) is 0. The molecule has 0 unspecified atom stereocenters. The Morgan fingerprint density at radius 1 is 0.533 bits per heavy atom. The molecule has 4 aromatic carbocycles. The van der Waals surface area contributed by atoms with Gasteiger partial charge in [-0.05, 0) is 60.1 Å². The second-order valence-corrected chi connectivity index (χ2v) is 13.2. The number of rotatable bonds is 8. The molecule has 0 amide bonds. The molecule has 1 aromatic heterocycles. The van der Waals surface area contributed by atoms with Crippen LogP contribution in [0.3, 0.4) is 0 Å². The Morgan fingerprint density at radius 3 is 1.44 bits per heavy atom. The van der Waals surface area contributed by atoms with E-state index in [9.17, 15) is 13.2 Å². The molecule has 0 aliphatic carbocycles. The molecule has 5 aromatic rings. The summed E-state index contributed by atoms with van der Waals surface area (Å²) in [5, 5.41) is 0. The average molecular weight is 610 g/mol. The summed E-state index contributed by atoms with van der Waals surface area (Å²) >= 11 is 0. The Balaban J connectivity index is 2.03. The van der Waals surface area contributed by atoms with Gasteiger partial charge in [0.1, 0.15) is 17.6 Å². The van der Waals surface area contributed by atoms with Gasteiger partial charge < -0.3 is 0 Å². The molecule has 0 radical (unpaired) electrons. The van der Waals surface area contributed by atoms with Crippen LogP contribution in [-0.4, -0.2) is 4.57 Å². The molecule has 0 aliphatic rings. The molecule has 1 heterocycles. The Bertz CT molecular complexity index is 1720. The van der Waals surface area contributed by atoms with Gasteiger partial charge in [-0.2, -0.15) is 22.3 Å². The Morgan fingerprint density at radius 2 is 1.00 bits per heavy atom. The first kappa shape index (κ1) is 32.3. The van der Waals surface area contributed by atoms with E-state index in [2.05, 4.69) is 119 Å². The summed E-state index contributed by atoms with van der Waals surface area (Å²) in [6, 6.07) is 29.0.